The molecule has 0 aromatic heterocycles. The first kappa shape index (κ1) is 22.1. The third-order valence-electron chi connectivity index (χ3n) is 5.64. The lowest BCUT2D eigenvalue weighted by Crippen LogP contribution is -2.08. The number of anilines is 1. The number of nitrogens with zero attached hydrogens (tertiary/aromatic N) is 2. The molecule has 32 heavy (non-hydrogen) atoms. The lowest BCUT2D eigenvalue weighted by molar-refractivity contribution is 0.291. The summed E-state index contributed by atoms with van der Waals surface area (Å²) in [5.41, 5.74) is 4.62. The summed E-state index contributed by atoms with van der Waals surface area (Å²) in [5, 5.41) is 17.8. The number of aliphatic hydroxyl groups excluding tert-OH is 1. The van der Waals surface area contributed by atoms with Crippen LogP contribution in [0.5, 0.6) is 0 Å². The van der Waals surface area contributed by atoms with Gasteiger partial charge in [-0.1, -0.05) is 24.3 Å². The number of rotatable bonds is 5. The first-order chi connectivity index (χ1) is 15.2. The van der Waals surface area contributed by atoms with E-state index in [0.717, 1.165) is 61.5 Å². The molecule has 3 aromatic rings. The maximum Gasteiger partial charge on any atom is 0.155 e. The molecule has 1 aliphatic heterocycles. The molecule has 1 aliphatic carbocycles. The molecule has 2 N–H and O–H groups in total. The molecule has 0 atom stereocenters. The van der Waals surface area contributed by atoms with Gasteiger partial charge in [0.15, 0.2) is 11.3 Å². The third-order valence-corrected chi connectivity index (χ3v) is 5.64. The summed E-state index contributed by atoms with van der Waals surface area (Å²) in [4.78, 5) is 9.77. The second-order valence-corrected chi connectivity index (χ2v) is 7.83. The zero-order valence-corrected chi connectivity index (χ0v) is 19.0. The van der Waals surface area contributed by atoms with Gasteiger partial charge in [0, 0.05) is 48.3 Å². The minimum Gasteiger partial charge on any atom is -0.453 e. The Kier molecular flexibility index (Phi) is 6.31. The average molecular weight is 448 g/mol. The fraction of sp³-hybridized carbons (Fsp3) is 0.231. The van der Waals surface area contributed by atoms with E-state index in [0.29, 0.717) is 18.7 Å². The van der Waals surface area contributed by atoms with Crippen LogP contribution in [0.15, 0.2) is 64.0 Å². The topological polar surface area (TPSA) is 70.7 Å². The molecular weight excluding hydrogens is 422 g/mol. The van der Waals surface area contributed by atoms with Crippen molar-refractivity contribution >= 4 is 50.7 Å². The Morgan fingerprint density at radius 2 is 1.78 bits per heavy atom. The number of aryl methyl sites for hydroxylation is 1. The van der Waals surface area contributed by atoms with E-state index in [2.05, 4.69) is 49.5 Å². The Balaban J connectivity index is 0.00000245. The highest BCUT2D eigenvalue weighted by atomic mass is 35.5. The fourth-order valence-electron chi connectivity index (χ4n) is 4.11. The van der Waals surface area contributed by atoms with E-state index in [9.17, 15) is 5.11 Å². The zero-order valence-electron chi connectivity index (χ0n) is 18.2. The molecular formula is C26H26ClN3O2. The van der Waals surface area contributed by atoms with Crippen LogP contribution in [-0.4, -0.2) is 29.8 Å². The molecule has 0 bridgehead atoms. The maximum absolute atomic E-state index is 9.19. The highest BCUT2D eigenvalue weighted by Crippen LogP contribution is 2.34. The van der Waals surface area contributed by atoms with Gasteiger partial charge in [0.25, 0.3) is 0 Å². The number of benzene rings is 4. The Hall–Kier alpha value is -3.15. The van der Waals surface area contributed by atoms with Crippen LogP contribution in [0.3, 0.4) is 0 Å². The normalized spacial score (nSPS) is 12.0. The van der Waals surface area contributed by atoms with E-state index in [1.807, 2.05) is 24.3 Å². The van der Waals surface area contributed by atoms with Gasteiger partial charge in [0.1, 0.15) is 11.2 Å². The lowest BCUT2D eigenvalue weighted by atomic mass is 9.99. The van der Waals surface area contributed by atoms with Crippen LogP contribution < -0.4 is 10.7 Å². The van der Waals surface area contributed by atoms with Crippen molar-refractivity contribution in [1.82, 2.24) is 4.98 Å². The van der Waals surface area contributed by atoms with Gasteiger partial charge in [-0.3, -0.25) is 4.99 Å². The van der Waals surface area contributed by atoms with Crippen LogP contribution in [0.1, 0.15) is 18.9 Å². The SMILES string of the molecule is CCNc1cc2oc3cc(=NCCCO)c4cc5ccccc5cc4c-3nc2cc1C.Cl. The van der Waals surface area contributed by atoms with Gasteiger partial charge in [0.05, 0.1) is 5.36 Å². The number of halogens is 1. The third kappa shape index (κ3) is 3.90. The Bertz CT molecular complexity index is 1460. The van der Waals surface area contributed by atoms with Crippen molar-refractivity contribution in [1.29, 1.82) is 0 Å². The number of aliphatic hydroxyl groups is 1. The summed E-state index contributed by atoms with van der Waals surface area (Å²) in [5.74, 6) is 0.712. The summed E-state index contributed by atoms with van der Waals surface area (Å²) >= 11 is 0. The molecule has 0 radical (unpaired) electrons. The molecule has 6 heteroatoms. The van der Waals surface area contributed by atoms with Gasteiger partial charge >= 0.3 is 0 Å². The number of nitrogens with one attached hydrogen (secondary N) is 1. The van der Waals surface area contributed by atoms with E-state index in [1.165, 1.54) is 0 Å². The molecule has 0 fully saturated rings. The van der Waals surface area contributed by atoms with Crippen LogP contribution in [0, 0.1) is 6.92 Å². The number of hydrogen-bond acceptors (Lipinski definition) is 5. The van der Waals surface area contributed by atoms with Gasteiger partial charge in [0.2, 0.25) is 0 Å². The standard InChI is InChI=1S/C26H25N3O2.ClH/c1-3-27-21-14-24-23(11-16(21)2)29-26-20-13-18-8-5-4-7-17(18)12-19(20)22(15-25(26)31-24)28-9-6-10-30;/h4-5,7-8,11-15,27,30H,3,6,9-10H2,1-2H3;1H. The summed E-state index contributed by atoms with van der Waals surface area (Å²) in [6, 6.07) is 18.7. The highest BCUT2D eigenvalue weighted by Gasteiger charge is 2.16. The van der Waals surface area contributed by atoms with Crippen LogP contribution in [0.2, 0.25) is 0 Å². The summed E-state index contributed by atoms with van der Waals surface area (Å²) in [7, 11) is 0. The Morgan fingerprint density at radius 3 is 2.50 bits per heavy atom. The molecule has 0 unspecified atom stereocenters. The molecule has 164 valence electrons. The number of aromatic nitrogens is 1. The van der Waals surface area contributed by atoms with Crippen molar-refractivity contribution in [2.75, 3.05) is 25.0 Å². The van der Waals surface area contributed by atoms with E-state index in [4.69, 9.17) is 14.4 Å². The Morgan fingerprint density at radius 1 is 1.03 bits per heavy atom. The van der Waals surface area contributed by atoms with Crippen molar-refractivity contribution in [3.8, 4) is 11.5 Å². The molecule has 2 aliphatic rings. The molecule has 3 aromatic carbocycles. The van der Waals surface area contributed by atoms with Gasteiger partial charge in [-0.25, -0.2) is 4.98 Å². The maximum atomic E-state index is 9.19. The molecule has 0 amide bonds. The second-order valence-electron chi connectivity index (χ2n) is 7.83. The fourth-order valence-corrected chi connectivity index (χ4v) is 4.11. The quantitative estimate of drug-likeness (QED) is 0.206. The minimum atomic E-state index is 0. The molecule has 1 heterocycles. The van der Waals surface area contributed by atoms with Gasteiger partial charge in [-0.15, -0.1) is 12.4 Å². The molecule has 0 saturated carbocycles. The molecule has 0 saturated heterocycles. The van der Waals surface area contributed by atoms with Crippen LogP contribution in [0.25, 0.3) is 44.1 Å². The Labute approximate surface area is 192 Å². The van der Waals surface area contributed by atoms with E-state index >= 15 is 0 Å². The predicted molar refractivity (Wildman–Crippen MR) is 134 cm³/mol. The van der Waals surface area contributed by atoms with Crippen molar-refractivity contribution in [3.05, 3.63) is 65.5 Å². The van der Waals surface area contributed by atoms with Crippen LogP contribution >= 0.6 is 12.4 Å². The van der Waals surface area contributed by atoms with Crippen molar-refractivity contribution in [3.63, 3.8) is 0 Å². The first-order valence-corrected chi connectivity index (χ1v) is 10.7. The number of hydrogen-bond donors (Lipinski definition) is 2. The van der Waals surface area contributed by atoms with Crippen molar-refractivity contribution in [2.45, 2.75) is 20.3 Å². The predicted octanol–water partition coefficient (Wildman–Crippen LogP) is 5.68. The first-order valence-electron chi connectivity index (χ1n) is 10.7. The van der Waals surface area contributed by atoms with E-state index in [1.54, 1.807) is 0 Å². The average Bonchev–Trinajstić information content (AvgIpc) is 2.78. The summed E-state index contributed by atoms with van der Waals surface area (Å²) < 4.78 is 6.34. The van der Waals surface area contributed by atoms with Crippen LogP contribution in [0.4, 0.5) is 5.69 Å². The van der Waals surface area contributed by atoms with E-state index in [-0.39, 0.29) is 19.0 Å². The van der Waals surface area contributed by atoms with E-state index < -0.39 is 0 Å². The second kappa shape index (κ2) is 9.15. The monoisotopic (exact) mass is 447 g/mol. The van der Waals surface area contributed by atoms with Gasteiger partial charge in [-0.2, -0.15) is 0 Å². The molecule has 5 nitrogen and oxygen atoms in total. The minimum absolute atomic E-state index is 0. The van der Waals surface area contributed by atoms with Gasteiger partial charge in [-0.05, 0) is 54.8 Å². The number of fused-ring (bicyclic) bond motifs is 5. The molecule has 0 spiro atoms. The summed E-state index contributed by atoms with van der Waals surface area (Å²) in [6.45, 7) is 5.70. The summed E-state index contributed by atoms with van der Waals surface area (Å²) in [6.07, 6.45) is 0.631. The van der Waals surface area contributed by atoms with Crippen molar-refractivity contribution < 1.29 is 9.52 Å². The smallest absolute Gasteiger partial charge is 0.155 e. The lowest BCUT2D eigenvalue weighted by Gasteiger charge is -2.14. The van der Waals surface area contributed by atoms with Crippen molar-refractivity contribution in [2.24, 2.45) is 4.99 Å². The largest absolute Gasteiger partial charge is 0.453 e. The highest BCUT2D eigenvalue weighted by molar-refractivity contribution is 6.04. The zero-order chi connectivity index (χ0) is 21.4. The van der Waals surface area contributed by atoms with Crippen LogP contribution in [-0.2, 0) is 0 Å². The molecule has 5 rings (SSSR count). The van der Waals surface area contributed by atoms with Gasteiger partial charge < -0.3 is 14.8 Å².